The molecule has 0 amide bonds. The molecule has 0 radical (unpaired) electrons. The summed E-state index contributed by atoms with van der Waals surface area (Å²) in [7, 11) is 0. The quantitative estimate of drug-likeness (QED) is 0.603. The van der Waals surface area contributed by atoms with Crippen LogP contribution in [0.15, 0.2) is 76.7 Å². The van der Waals surface area contributed by atoms with Gasteiger partial charge in [-0.1, -0.05) is 60.3 Å². The van der Waals surface area contributed by atoms with Crippen LogP contribution in [-0.4, -0.2) is 17.6 Å². The maximum atomic E-state index is 12.4. The first-order valence-electron chi connectivity index (χ1n) is 8.13. The third-order valence-electron chi connectivity index (χ3n) is 3.61. The van der Waals surface area contributed by atoms with E-state index in [4.69, 9.17) is 4.74 Å². The van der Waals surface area contributed by atoms with E-state index in [9.17, 15) is 10.1 Å². The molecule has 1 heterocycles. The van der Waals surface area contributed by atoms with Crippen LogP contribution in [0, 0.1) is 11.3 Å². The lowest BCUT2D eigenvalue weighted by molar-refractivity contribution is 0.0526. The molecule has 0 bridgehead atoms. The topological polar surface area (TPSA) is 63.0 Å². The van der Waals surface area contributed by atoms with Gasteiger partial charge in [0.1, 0.15) is 11.1 Å². The minimum atomic E-state index is -0.480. The second-order valence-electron chi connectivity index (χ2n) is 5.35. The van der Waals surface area contributed by atoms with Gasteiger partial charge in [-0.25, -0.2) is 9.78 Å². The van der Waals surface area contributed by atoms with E-state index in [2.05, 4.69) is 11.1 Å². The Morgan fingerprint density at radius 1 is 1.12 bits per heavy atom. The number of hydrogen-bond acceptors (Lipinski definition) is 5. The van der Waals surface area contributed by atoms with Gasteiger partial charge < -0.3 is 4.74 Å². The summed E-state index contributed by atoms with van der Waals surface area (Å²) in [5, 5.41) is 10.1. The molecule has 0 aliphatic heterocycles. The van der Waals surface area contributed by atoms with Gasteiger partial charge in [0.15, 0.2) is 0 Å². The Kier molecular flexibility index (Phi) is 5.67. The summed E-state index contributed by atoms with van der Waals surface area (Å²) in [6.07, 6.45) is 0. The highest BCUT2D eigenvalue weighted by Gasteiger charge is 2.20. The number of nitriles is 1. The molecule has 0 aliphatic carbocycles. The molecule has 0 unspecified atom stereocenters. The number of pyridine rings is 1. The van der Waals surface area contributed by atoms with Crippen LogP contribution >= 0.6 is 11.8 Å². The summed E-state index contributed by atoms with van der Waals surface area (Å²) in [5.41, 5.74) is 1.96. The van der Waals surface area contributed by atoms with Gasteiger partial charge in [-0.2, -0.15) is 5.26 Å². The maximum absolute atomic E-state index is 12.4. The van der Waals surface area contributed by atoms with E-state index in [0.717, 1.165) is 10.5 Å². The molecule has 1 aromatic heterocycles. The highest BCUT2D eigenvalue weighted by atomic mass is 32.2. The fraction of sp³-hybridized carbons (Fsp3) is 0.0952. The minimum Gasteiger partial charge on any atom is -0.462 e. The number of nitrogens with zero attached hydrogens (tertiary/aromatic N) is 2. The van der Waals surface area contributed by atoms with Gasteiger partial charge in [0.2, 0.25) is 0 Å². The number of ether oxygens (including phenoxy) is 1. The molecule has 3 rings (SSSR count). The Morgan fingerprint density at radius 3 is 2.38 bits per heavy atom. The molecule has 0 aliphatic rings. The lowest BCUT2D eigenvalue weighted by Gasteiger charge is -2.12. The second-order valence-corrected chi connectivity index (χ2v) is 6.41. The first-order chi connectivity index (χ1) is 12.7. The monoisotopic (exact) mass is 360 g/mol. The van der Waals surface area contributed by atoms with E-state index >= 15 is 0 Å². The highest BCUT2D eigenvalue weighted by molar-refractivity contribution is 7.99. The molecular formula is C21H16N2O2S. The van der Waals surface area contributed by atoms with E-state index < -0.39 is 5.97 Å². The second kappa shape index (κ2) is 8.32. The zero-order chi connectivity index (χ0) is 18.4. The summed E-state index contributed by atoms with van der Waals surface area (Å²) in [6.45, 7) is 2.01. The van der Waals surface area contributed by atoms with Crippen LogP contribution in [-0.2, 0) is 4.74 Å². The molecule has 3 aromatic rings. The number of esters is 1. The molecule has 0 saturated carbocycles. The van der Waals surface area contributed by atoms with Gasteiger partial charge in [0.25, 0.3) is 0 Å². The lowest BCUT2D eigenvalue weighted by atomic mass is 10.0. The number of carbonyl (C=O) groups is 1. The van der Waals surface area contributed by atoms with E-state index in [-0.39, 0.29) is 6.61 Å². The van der Waals surface area contributed by atoms with Crippen molar-refractivity contribution < 1.29 is 9.53 Å². The summed E-state index contributed by atoms with van der Waals surface area (Å²) >= 11 is 1.40. The van der Waals surface area contributed by atoms with Crippen LogP contribution < -0.4 is 0 Å². The summed E-state index contributed by atoms with van der Waals surface area (Å²) < 4.78 is 5.15. The fourth-order valence-corrected chi connectivity index (χ4v) is 3.30. The van der Waals surface area contributed by atoms with Gasteiger partial charge in [-0.15, -0.1) is 0 Å². The van der Waals surface area contributed by atoms with Crippen molar-refractivity contribution in [3.05, 3.63) is 77.9 Å². The third-order valence-corrected chi connectivity index (χ3v) is 4.62. The van der Waals surface area contributed by atoms with E-state index in [1.807, 2.05) is 60.7 Å². The molecule has 2 aromatic carbocycles. The number of carbonyl (C=O) groups excluding carboxylic acids is 1. The average molecular weight is 360 g/mol. The SMILES string of the molecule is CCOC(=O)c1cc(C#N)c(Sc2ccccc2)nc1-c1ccccc1. The van der Waals surface area contributed by atoms with Crippen molar-refractivity contribution in [3.8, 4) is 17.3 Å². The third kappa shape index (κ3) is 3.93. The van der Waals surface area contributed by atoms with Crippen molar-refractivity contribution in [1.82, 2.24) is 4.98 Å². The van der Waals surface area contributed by atoms with Crippen LogP contribution in [0.25, 0.3) is 11.3 Å². The van der Waals surface area contributed by atoms with Crippen LogP contribution in [0.5, 0.6) is 0 Å². The Labute approximate surface area is 156 Å². The van der Waals surface area contributed by atoms with Gasteiger partial charge in [-0.05, 0) is 25.1 Å². The average Bonchev–Trinajstić information content (AvgIpc) is 2.69. The standard InChI is InChI=1S/C21H16N2O2S/c1-2-25-21(24)18-13-16(14-22)20(26-17-11-7-4-8-12-17)23-19(18)15-9-5-3-6-10-15/h3-13H,2H2,1H3. The number of hydrogen-bond donors (Lipinski definition) is 0. The van der Waals surface area contributed by atoms with E-state index in [1.165, 1.54) is 11.8 Å². The van der Waals surface area contributed by atoms with Gasteiger partial charge in [0.05, 0.1) is 23.4 Å². The molecular weight excluding hydrogens is 344 g/mol. The first kappa shape index (κ1) is 17.7. The minimum absolute atomic E-state index is 0.259. The predicted octanol–water partition coefficient (Wildman–Crippen LogP) is 4.95. The predicted molar refractivity (Wildman–Crippen MR) is 101 cm³/mol. The Bertz CT molecular complexity index is 951. The zero-order valence-electron chi connectivity index (χ0n) is 14.2. The molecule has 4 nitrogen and oxygen atoms in total. The van der Waals surface area contributed by atoms with E-state index in [0.29, 0.717) is 21.8 Å². The van der Waals surface area contributed by atoms with Crippen molar-refractivity contribution in [2.24, 2.45) is 0 Å². The Balaban J connectivity index is 2.14. The number of aromatic nitrogens is 1. The maximum Gasteiger partial charge on any atom is 0.340 e. The van der Waals surface area contributed by atoms with Crippen molar-refractivity contribution in [2.75, 3.05) is 6.61 Å². The highest BCUT2D eigenvalue weighted by Crippen LogP contribution is 2.33. The normalized spacial score (nSPS) is 10.2. The molecule has 0 fully saturated rings. The molecule has 0 N–H and O–H groups in total. The number of rotatable bonds is 5. The Hall–Kier alpha value is -3.10. The van der Waals surface area contributed by atoms with Crippen molar-refractivity contribution in [2.45, 2.75) is 16.8 Å². The van der Waals surface area contributed by atoms with Gasteiger partial charge in [-0.3, -0.25) is 0 Å². The van der Waals surface area contributed by atoms with Crippen molar-refractivity contribution >= 4 is 17.7 Å². The van der Waals surface area contributed by atoms with Crippen LogP contribution in [0.2, 0.25) is 0 Å². The number of benzene rings is 2. The summed E-state index contributed by atoms with van der Waals surface area (Å²) in [5.74, 6) is -0.480. The van der Waals surface area contributed by atoms with Crippen molar-refractivity contribution in [1.29, 1.82) is 5.26 Å². The van der Waals surface area contributed by atoms with E-state index in [1.54, 1.807) is 13.0 Å². The Morgan fingerprint density at radius 2 is 1.77 bits per heavy atom. The molecule has 5 heteroatoms. The van der Waals surface area contributed by atoms with Gasteiger partial charge in [0, 0.05) is 10.5 Å². The van der Waals surface area contributed by atoms with Crippen LogP contribution in [0.4, 0.5) is 0 Å². The molecule has 128 valence electrons. The molecule has 0 atom stereocenters. The zero-order valence-corrected chi connectivity index (χ0v) is 15.0. The van der Waals surface area contributed by atoms with Crippen LogP contribution in [0.3, 0.4) is 0 Å². The largest absolute Gasteiger partial charge is 0.462 e. The molecule has 26 heavy (non-hydrogen) atoms. The molecule has 0 saturated heterocycles. The van der Waals surface area contributed by atoms with Crippen molar-refractivity contribution in [3.63, 3.8) is 0 Å². The fourth-order valence-electron chi connectivity index (χ4n) is 2.44. The molecule has 0 spiro atoms. The lowest BCUT2D eigenvalue weighted by Crippen LogP contribution is -2.09. The smallest absolute Gasteiger partial charge is 0.340 e. The van der Waals surface area contributed by atoms with Gasteiger partial charge >= 0.3 is 5.97 Å². The van der Waals surface area contributed by atoms with Crippen LogP contribution in [0.1, 0.15) is 22.8 Å². The first-order valence-corrected chi connectivity index (χ1v) is 8.95. The summed E-state index contributed by atoms with van der Waals surface area (Å²) in [6, 6.07) is 22.8. The summed E-state index contributed by atoms with van der Waals surface area (Å²) in [4.78, 5) is 18.0.